The van der Waals surface area contributed by atoms with Crippen molar-refractivity contribution in [2.45, 2.75) is 24.8 Å². The van der Waals surface area contributed by atoms with Crippen LogP contribution in [0.25, 0.3) is 0 Å². The van der Waals surface area contributed by atoms with Crippen molar-refractivity contribution in [1.29, 1.82) is 0 Å². The Morgan fingerprint density at radius 3 is 2.88 bits per heavy atom. The Labute approximate surface area is 104 Å². The quantitative estimate of drug-likeness (QED) is 0.864. The fourth-order valence-electron chi connectivity index (χ4n) is 2.77. The molecular weight excluding hydrogens is 212 g/mol. The number of nitrogens with two attached hydrogens (primary N) is 1. The van der Waals surface area contributed by atoms with Gasteiger partial charge in [0.25, 0.3) is 0 Å². The third-order valence-electron chi connectivity index (χ3n) is 3.53. The van der Waals surface area contributed by atoms with E-state index in [9.17, 15) is 0 Å². The van der Waals surface area contributed by atoms with Gasteiger partial charge in [-0.05, 0) is 44.5 Å². The number of piperidine rings is 1. The van der Waals surface area contributed by atoms with Crippen molar-refractivity contribution in [3.8, 4) is 5.75 Å². The summed E-state index contributed by atoms with van der Waals surface area (Å²) in [6, 6.07) is 8.17. The zero-order valence-corrected chi connectivity index (χ0v) is 10.8. The topological polar surface area (TPSA) is 38.5 Å². The van der Waals surface area contributed by atoms with Gasteiger partial charge in [-0.1, -0.05) is 18.2 Å². The summed E-state index contributed by atoms with van der Waals surface area (Å²) >= 11 is 0. The van der Waals surface area contributed by atoms with E-state index in [1.54, 1.807) is 7.11 Å². The number of ether oxygens (including phenoxy) is 1. The smallest absolute Gasteiger partial charge is 0.122 e. The minimum Gasteiger partial charge on any atom is -0.496 e. The lowest BCUT2D eigenvalue weighted by molar-refractivity contribution is 0.177. The van der Waals surface area contributed by atoms with Gasteiger partial charge in [-0.15, -0.1) is 0 Å². The molecule has 0 radical (unpaired) electrons. The van der Waals surface area contributed by atoms with E-state index in [1.165, 1.54) is 12.0 Å². The van der Waals surface area contributed by atoms with Gasteiger partial charge in [0.2, 0.25) is 0 Å². The molecule has 0 aromatic heterocycles. The van der Waals surface area contributed by atoms with E-state index >= 15 is 0 Å². The second-order valence-electron chi connectivity index (χ2n) is 5.19. The highest BCUT2D eigenvalue weighted by atomic mass is 16.5. The van der Waals surface area contributed by atoms with Crippen LogP contribution in [0.5, 0.6) is 5.75 Å². The molecule has 1 aliphatic heterocycles. The van der Waals surface area contributed by atoms with Crippen LogP contribution in [-0.4, -0.2) is 37.7 Å². The minimum absolute atomic E-state index is 0.109. The first-order valence-corrected chi connectivity index (χ1v) is 6.22. The highest BCUT2D eigenvalue weighted by Gasteiger charge is 2.30. The Balaban J connectivity index is 2.13. The first-order valence-electron chi connectivity index (χ1n) is 6.22. The van der Waals surface area contributed by atoms with Crippen LogP contribution < -0.4 is 10.5 Å². The molecule has 1 saturated heterocycles. The molecule has 0 spiro atoms. The van der Waals surface area contributed by atoms with Crippen LogP contribution >= 0.6 is 0 Å². The lowest BCUT2D eigenvalue weighted by atomic mass is 9.84. The zero-order chi connectivity index (χ0) is 12.3. The van der Waals surface area contributed by atoms with Gasteiger partial charge in [-0.25, -0.2) is 0 Å². The SMILES string of the molecule is COc1ccccc1CC1(N)CCCN(C)C1. The number of nitrogens with zero attached hydrogens (tertiary/aromatic N) is 1. The second kappa shape index (κ2) is 5.07. The van der Waals surface area contributed by atoms with Crippen LogP contribution in [0, 0.1) is 0 Å². The third kappa shape index (κ3) is 2.99. The number of hydrogen-bond donors (Lipinski definition) is 1. The van der Waals surface area contributed by atoms with Gasteiger partial charge in [-0.2, -0.15) is 0 Å². The van der Waals surface area contributed by atoms with Crippen LogP contribution in [0.4, 0.5) is 0 Å². The Hall–Kier alpha value is -1.06. The molecule has 1 aliphatic rings. The molecule has 1 unspecified atom stereocenters. The molecular formula is C14H22N2O. The predicted octanol–water partition coefficient (Wildman–Crippen LogP) is 1.66. The summed E-state index contributed by atoms with van der Waals surface area (Å²) in [5.41, 5.74) is 7.61. The lowest BCUT2D eigenvalue weighted by Gasteiger charge is -2.39. The van der Waals surface area contributed by atoms with E-state index in [0.717, 1.165) is 31.7 Å². The molecule has 94 valence electrons. The van der Waals surface area contributed by atoms with Gasteiger partial charge in [0.05, 0.1) is 7.11 Å². The van der Waals surface area contributed by atoms with E-state index in [2.05, 4.69) is 18.0 Å². The molecule has 1 fully saturated rings. The largest absolute Gasteiger partial charge is 0.496 e. The van der Waals surface area contributed by atoms with Crippen LogP contribution in [0.1, 0.15) is 18.4 Å². The number of hydrogen-bond acceptors (Lipinski definition) is 3. The summed E-state index contributed by atoms with van der Waals surface area (Å²) in [5.74, 6) is 0.950. The van der Waals surface area contributed by atoms with Crippen molar-refractivity contribution >= 4 is 0 Å². The van der Waals surface area contributed by atoms with E-state index < -0.39 is 0 Å². The van der Waals surface area contributed by atoms with Gasteiger partial charge >= 0.3 is 0 Å². The number of para-hydroxylation sites is 1. The summed E-state index contributed by atoms with van der Waals surface area (Å²) < 4.78 is 5.39. The number of methoxy groups -OCH3 is 1. The molecule has 17 heavy (non-hydrogen) atoms. The Morgan fingerprint density at radius 1 is 1.41 bits per heavy atom. The third-order valence-corrected chi connectivity index (χ3v) is 3.53. The normalized spacial score (nSPS) is 25.8. The maximum atomic E-state index is 6.51. The second-order valence-corrected chi connectivity index (χ2v) is 5.19. The first-order chi connectivity index (χ1) is 8.13. The summed E-state index contributed by atoms with van der Waals surface area (Å²) in [6.45, 7) is 2.12. The zero-order valence-electron chi connectivity index (χ0n) is 10.8. The van der Waals surface area contributed by atoms with E-state index in [-0.39, 0.29) is 5.54 Å². The Morgan fingerprint density at radius 2 is 2.18 bits per heavy atom. The molecule has 1 atom stereocenters. The lowest BCUT2D eigenvalue weighted by Crippen LogP contribution is -2.54. The molecule has 0 bridgehead atoms. The minimum atomic E-state index is -0.109. The van der Waals surface area contributed by atoms with Crippen molar-refractivity contribution in [3.05, 3.63) is 29.8 Å². The fourth-order valence-corrected chi connectivity index (χ4v) is 2.77. The number of likely N-dealkylation sites (N-methyl/N-ethyl adjacent to an activating group) is 1. The summed E-state index contributed by atoms with van der Waals surface area (Å²) in [7, 11) is 3.86. The van der Waals surface area contributed by atoms with Gasteiger partial charge in [0.15, 0.2) is 0 Å². The van der Waals surface area contributed by atoms with Crippen LogP contribution in [-0.2, 0) is 6.42 Å². The van der Waals surface area contributed by atoms with E-state index in [4.69, 9.17) is 10.5 Å². The van der Waals surface area contributed by atoms with Crippen LogP contribution in [0.15, 0.2) is 24.3 Å². The number of benzene rings is 1. The predicted molar refractivity (Wildman–Crippen MR) is 70.3 cm³/mol. The average Bonchev–Trinajstić information content (AvgIpc) is 2.29. The van der Waals surface area contributed by atoms with Crippen LogP contribution in [0.2, 0.25) is 0 Å². The Bertz CT molecular complexity index is 380. The summed E-state index contributed by atoms with van der Waals surface area (Å²) in [4.78, 5) is 2.32. The van der Waals surface area contributed by atoms with Crippen molar-refractivity contribution in [1.82, 2.24) is 4.90 Å². The van der Waals surface area contributed by atoms with Crippen LogP contribution in [0.3, 0.4) is 0 Å². The van der Waals surface area contributed by atoms with Crippen molar-refractivity contribution in [2.75, 3.05) is 27.2 Å². The molecule has 3 nitrogen and oxygen atoms in total. The fraction of sp³-hybridized carbons (Fsp3) is 0.571. The Kier molecular flexibility index (Phi) is 3.69. The van der Waals surface area contributed by atoms with Gasteiger partial charge in [0, 0.05) is 12.1 Å². The molecule has 1 aromatic rings. The molecule has 0 aliphatic carbocycles. The van der Waals surface area contributed by atoms with Gasteiger partial charge in [0.1, 0.15) is 5.75 Å². The highest BCUT2D eigenvalue weighted by Crippen LogP contribution is 2.26. The molecule has 2 rings (SSSR count). The standard InChI is InChI=1S/C14H22N2O/c1-16-9-5-8-14(15,11-16)10-12-6-3-4-7-13(12)17-2/h3-4,6-7H,5,8-11,15H2,1-2H3. The van der Waals surface area contributed by atoms with Gasteiger partial charge < -0.3 is 15.4 Å². The van der Waals surface area contributed by atoms with E-state index in [0.29, 0.717) is 0 Å². The van der Waals surface area contributed by atoms with Crippen molar-refractivity contribution in [3.63, 3.8) is 0 Å². The maximum absolute atomic E-state index is 6.51. The summed E-state index contributed by atoms with van der Waals surface area (Å²) in [6.07, 6.45) is 3.17. The summed E-state index contributed by atoms with van der Waals surface area (Å²) in [5, 5.41) is 0. The van der Waals surface area contributed by atoms with Gasteiger partial charge in [-0.3, -0.25) is 0 Å². The number of likely N-dealkylation sites (tertiary alicyclic amines) is 1. The first kappa shape index (κ1) is 12.4. The maximum Gasteiger partial charge on any atom is 0.122 e. The monoisotopic (exact) mass is 234 g/mol. The average molecular weight is 234 g/mol. The molecule has 3 heteroatoms. The molecule has 2 N–H and O–H groups in total. The highest BCUT2D eigenvalue weighted by molar-refractivity contribution is 5.34. The molecule has 1 heterocycles. The molecule has 0 saturated carbocycles. The van der Waals surface area contributed by atoms with Crippen molar-refractivity contribution < 1.29 is 4.74 Å². The molecule has 0 amide bonds. The number of rotatable bonds is 3. The molecule has 1 aromatic carbocycles. The van der Waals surface area contributed by atoms with E-state index in [1.807, 2.05) is 18.2 Å². The van der Waals surface area contributed by atoms with Crippen molar-refractivity contribution in [2.24, 2.45) is 5.73 Å².